The van der Waals surface area contributed by atoms with Gasteiger partial charge in [-0.2, -0.15) is 9.57 Å². The second kappa shape index (κ2) is 5.71. The Balaban J connectivity index is 3.09. The predicted molar refractivity (Wildman–Crippen MR) is 67.5 cm³/mol. The first-order valence-corrected chi connectivity index (χ1v) is 6.64. The van der Waals surface area contributed by atoms with Crippen LogP contribution in [0.25, 0.3) is 0 Å². The third-order valence-electron chi connectivity index (χ3n) is 2.44. The van der Waals surface area contributed by atoms with Crippen LogP contribution in [0, 0.1) is 11.3 Å². The van der Waals surface area contributed by atoms with Crippen molar-refractivity contribution in [1.82, 2.24) is 4.31 Å². The van der Waals surface area contributed by atoms with Crippen molar-refractivity contribution in [2.45, 2.75) is 11.3 Å². The maximum absolute atomic E-state index is 12.2. The van der Waals surface area contributed by atoms with Crippen LogP contribution in [0.3, 0.4) is 0 Å². The molecule has 18 heavy (non-hydrogen) atoms. The SMILES string of the molecule is COc1ccc(S(=O)(=O)N(C)CCC#N)c(N)c1. The zero-order valence-corrected chi connectivity index (χ0v) is 11.1. The number of rotatable bonds is 5. The number of methoxy groups -OCH3 is 1. The van der Waals surface area contributed by atoms with E-state index in [-0.39, 0.29) is 23.5 Å². The third kappa shape index (κ3) is 2.91. The summed E-state index contributed by atoms with van der Waals surface area (Å²) >= 11 is 0. The van der Waals surface area contributed by atoms with Crippen molar-refractivity contribution < 1.29 is 13.2 Å². The molecule has 0 atom stereocenters. The molecule has 1 aromatic rings. The van der Waals surface area contributed by atoms with Crippen LogP contribution >= 0.6 is 0 Å². The van der Waals surface area contributed by atoms with Gasteiger partial charge >= 0.3 is 0 Å². The Morgan fingerprint density at radius 3 is 2.67 bits per heavy atom. The molecule has 1 aromatic carbocycles. The lowest BCUT2D eigenvalue weighted by molar-refractivity contribution is 0.414. The number of hydrogen-bond acceptors (Lipinski definition) is 5. The van der Waals surface area contributed by atoms with Crippen LogP contribution in [-0.2, 0) is 10.0 Å². The standard InChI is InChI=1S/C11H15N3O3S/c1-14(7-3-6-12)18(15,16)11-5-4-9(17-2)8-10(11)13/h4-5,8H,3,7,13H2,1-2H3. The fourth-order valence-electron chi connectivity index (χ4n) is 1.38. The monoisotopic (exact) mass is 269 g/mol. The van der Waals surface area contributed by atoms with Gasteiger partial charge < -0.3 is 10.5 Å². The maximum Gasteiger partial charge on any atom is 0.244 e. The fraction of sp³-hybridized carbons (Fsp3) is 0.364. The summed E-state index contributed by atoms with van der Waals surface area (Å²) in [5, 5.41) is 8.46. The van der Waals surface area contributed by atoms with Crippen LogP contribution in [0.5, 0.6) is 5.75 Å². The minimum absolute atomic E-state index is 0.0174. The van der Waals surface area contributed by atoms with E-state index in [2.05, 4.69) is 0 Å². The van der Waals surface area contributed by atoms with E-state index in [1.807, 2.05) is 6.07 Å². The highest BCUT2D eigenvalue weighted by molar-refractivity contribution is 7.89. The third-order valence-corrected chi connectivity index (χ3v) is 4.37. The number of anilines is 1. The first kappa shape index (κ1) is 14.3. The Morgan fingerprint density at radius 2 is 2.17 bits per heavy atom. The Kier molecular flexibility index (Phi) is 4.53. The average Bonchev–Trinajstić information content (AvgIpc) is 2.35. The molecule has 6 nitrogen and oxygen atoms in total. The molecule has 7 heteroatoms. The smallest absolute Gasteiger partial charge is 0.244 e. The van der Waals surface area contributed by atoms with Gasteiger partial charge in [-0.05, 0) is 12.1 Å². The van der Waals surface area contributed by atoms with E-state index >= 15 is 0 Å². The van der Waals surface area contributed by atoms with Gasteiger partial charge in [0.15, 0.2) is 0 Å². The van der Waals surface area contributed by atoms with E-state index in [0.29, 0.717) is 5.75 Å². The van der Waals surface area contributed by atoms with Crippen molar-refractivity contribution in [3.05, 3.63) is 18.2 Å². The molecule has 0 amide bonds. The number of hydrogen-bond donors (Lipinski definition) is 1. The first-order chi connectivity index (χ1) is 8.43. The molecule has 0 spiro atoms. The molecule has 98 valence electrons. The molecule has 0 saturated heterocycles. The molecule has 0 aliphatic rings. The summed E-state index contributed by atoms with van der Waals surface area (Å²) in [6, 6.07) is 6.27. The van der Waals surface area contributed by atoms with Crippen LogP contribution in [0.2, 0.25) is 0 Å². The molecule has 2 N–H and O–H groups in total. The van der Waals surface area contributed by atoms with Gasteiger partial charge in [0.05, 0.1) is 18.9 Å². The maximum atomic E-state index is 12.2. The largest absolute Gasteiger partial charge is 0.497 e. The molecule has 0 unspecified atom stereocenters. The van der Waals surface area contributed by atoms with Crippen molar-refractivity contribution >= 4 is 15.7 Å². The summed E-state index contributed by atoms with van der Waals surface area (Å²) in [5.41, 5.74) is 5.82. The molecule has 0 aromatic heterocycles. The van der Waals surface area contributed by atoms with Crippen molar-refractivity contribution in [2.75, 3.05) is 26.4 Å². The van der Waals surface area contributed by atoms with Crippen molar-refractivity contribution in [3.8, 4) is 11.8 Å². The van der Waals surface area contributed by atoms with E-state index in [9.17, 15) is 8.42 Å². The Hall–Kier alpha value is -1.78. The number of nitrogen functional groups attached to an aromatic ring is 1. The van der Waals surface area contributed by atoms with Gasteiger partial charge in [-0.25, -0.2) is 8.42 Å². The fourth-order valence-corrected chi connectivity index (χ4v) is 2.65. The summed E-state index contributed by atoms with van der Waals surface area (Å²) in [4.78, 5) is 0.0174. The lowest BCUT2D eigenvalue weighted by atomic mass is 10.3. The lowest BCUT2D eigenvalue weighted by Crippen LogP contribution is -2.28. The highest BCUT2D eigenvalue weighted by Gasteiger charge is 2.23. The molecule has 0 bridgehead atoms. The average molecular weight is 269 g/mol. The molecule has 0 fully saturated rings. The quantitative estimate of drug-likeness (QED) is 0.798. The van der Waals surface area contributed by atoms with Gasteiger partial charge in [0.1, 0.15) is 10.6 Å². The van der Waals surface area contributed by atoms with E-state index in [1.54, 1.807) is 0 Å². The molecule has 0 saturated carbocycles. The van der Waals surface area contributed by atoms with E-state index in [0.717, 1.165) is 4.31 Å². The van der Waals surface area contributed by atoms with Crippen molar-refractivity contribution in [2.24, 2.45) is 0 Å². The van der Waals surface area contributed by atoms with Gasteiger partial charge in [0, 0.05) is 26.1 Å². The predicted octanol–water partition coefficient (Wildman–Crippen LogP) is 0.812. The summed E-state index contributed by atoms with van der Waals surface area (Å²) in [7, 11) is -0.778. The van der Waals surface area contributed by atoms with Gasteiger partial charge in [0.2, 0.25) is 10.0 Å². The van der Waals surface area contributed by atoms with Crippen LogP contribution < -0.4 is 10.5 Å². The number of benzene rings is 1. The minimum atomic E-state index is -3.67. The first-order valence-electron chi connectivity index (χ1n) is 5.20. The molecule has 1 rings (SSSR count). The number of nitrogens with zero attached hydrogens (tertiary/aromatic N) is 2. The summed E-state index contributed by atoms with van der Waals surface area (Å²) in [6.45, 7) is 0.129. The zero-order chi connectivity index (χ0) is 13.8. The highest BCUT2D eigenvalue weighted by atomic mass is 32.2. The number of nitriles is 1. The minimum Gasteiger partial charge on any atom is -0.497 e. The number of ether oxygens (including phenoxy) is 1. The van der Waals surface area contributed by atoms with E-state index < -0.39 is 10.0 Å². The highest BCUT2D eigenvalue weighted by Crippen LogP contribution is 2.25. The zero-order valence-electron chi connectivity index (χ0n) is 10.3. The molecular formula is C11H15N3O3S. The number of nitrogens with two attached hydrogens (primary N) is 1. The number of sulfonamides is 1. The van der Waals surface area contributed by atoms with E-state index in [4.69, 9.17) is 15.7 Å². The van der Waals surface area contributed by atoms with Crippen LogP contribution in [0.15, 0.2) is 23.1 Å². The molecular weight excluding hydrogens is 254 g/mol. The van der Waals surface area contributed by atoms with Gasteiger partial charge in [-0.3, -0.25) is 0 Å². The Bertz CT molecular complexity index is 563. The Labute approximate surface area is 107 Å². The summed E-state index contributed by atoms with van der Waals surface area (Å²) in [6.07, 6.45) is 0.131. The lowest BCUT2D eigenvalue weighted by Gasteiger charge is -2.17. The van der Waals surface area contributed by atoms with E-state index in [1.165, 1.54) is 32.4 Å². The second-order valence-electron chi connectivity index (χ2n) is 3.64. The molecule has 0 radical (unpaired) electrons. The normalized spacial score (nSPS) is 11.2. The van der Waals surface area contributed by atoms with Crippen LogP contribution in [0.1, 0.15) is 6.42 Å². The van der Waals surface area contributed by atoms with Gasteiger partial charge in [0.25, 0.3) is 0 Å². The Morgan fingerprint density at radius 1 is 1.50 bits per heavy atom. The molecule has 0 heterocycles. The topological polar surface area (TPSA) is 96.4 Å². The van der Waals surface area contributed by atoms with Crippen LogP contribution in [0.4, 0.5) is 5.69 Å². The summed E-state index contributed by atoms with van der Waals surface area (Å²) < 4.78 is 30.4. The molecule has 0 aliphatic heterocycles. The summed E-state index contributed by atoms with van der Waals surface area (Å²) in [5.74, 6) is 0.492. The molecule has 0 aliphatic carbocycles. The second-order valence-corrected chi connectivity index (χ2v) is 5.65. The van der Waals surface area contributed by atoms with Crippen molar-refractivity contribution in [1.29, 1.82) is 5.26 Å². The van der Waals surface area contributed by atoms with Gasteiger partial charge in [-0.15, -0.1) is 0 Å². The van der Waals surface area contributed by atoms with Crippen LogP contribution in [-0.4, -0.2) is 33.4 Å². The van der Waals surface area contributed by atoms with Crippen molar-refractivity contribution in [3.63, 3.8) is 0 Å². The van der Waals surface area contributed by atoms with Gasteiger partial charge in [-0.1, -0.05) is 0 Å².